The van der Waals surface area contributed by atoms with Crippen molar-refractivity contribution >= 4 is 17.4 Å². The maximum Gasteiger partial charge on any atom is 0.269 e. The van der Waals surface area contributed by atoms with Crippen LogP contribution in [0.3, 0.4) is 0 Å². The summed E-state index contributed by atoms with van der Waals surface area (Å²) < 4.78 is 7.84. The Morgan fingerprint density at radius 2 is 1.74 bits per heavy atom. The summed E-state index contributed by atoms with van der Waals surface area (Å²) in [5.74, 6) is 1.27. The monoisotopic (exact) mass is 435 g/mol. The second-order valence-corrected chi connectivity index (χ2v) is 8.64. The molecule has 31 heavy (non-hydrogen) atoms. The van der Waals surface area contributed by atoms with E-state index >= 15 is 0 Å². The van der Waals surface area contributed by atoms with Crippen LogP contribution in [0.25, 0.3) is 17.1 Å². The molecule has 9 heteroatoms. The van der Waals surface area contributed by atoms with Gasteiger partial charge in [0.2, 0.25) is 11.8 Å². The van der Waals surface area contributed by atoms with Crippen LogP contribution in [0.2, 0.25) is 0 Å². The zero-order chi connectivity index (χ0) is 22.0. The number of nitrogens with zero attached hydrogens (tertiary/aromatic N) is 5. The second-order valence-electron chi connectivity index (χ2n) is 7.34. The Balaban J connectivity index is 1.50. The lowest BCUT2D eigenvalue weighted by Crippen LogP contribution is -1.98. The lowest BCUT2D eigenvalue weighted by Gasteiger charge is -2.11. The van der Waals surface area contributed by atoms with Crippen molar-refractivity contribution < 1.29 is 9.34 Å². The van der Waals surface area contributed by atoms with Crippen molar-refractivity contribution in [2.75, 3.05) is 0 Å². The third-order valence-electron chi connectivity index (χ3n) is 4.84. The first-order chi connectivity index (χ1) is 14.9. The fourth-order valence-corrected chi connectivity index (χ4v) is 3.96. The molecular formula is C22H21N5O3S. The molecule has 2 aromatic carbocycles. The number of thioether (sulfide) groups is 1. The zero-order valence-electron chi connectivity index (χ0n) is 17.3. The molecule has 158 valence electrons. The van der Waals surface area contributed by atoms with Gasteiger partial charge in [-0.3, -0.25) is 14.7 Å². The van der Waals surface area contributed by atoms with Crippen molar-refractivity contribution in [1.29, 1.82) is 0 Å². The van der Waals surface area contributed by atoms with Crippen LogP contribution in [-0.2, 0) is 0 Å². The van der Waals surface area contributed by atoms with Crippen LogP contribution in [0, 0.1) is 10.1 Å². The highest BCUT2D eigenvalue weighted by Gasteiger charge is 2.19. The van der Waals surface area contributed by atoms with Gasteiger partial charge in [0.05, 0.1) is 10.2 Å². The van der Waals surface area contributed by atoms with Gasteiger partial charge in [-0.2, -0.15) is 0 Å². The van der Waals surface area contributed by atoms with Crippen LogP contribution in [-0.4, -0.2) is 24.7 Å². The van der Waals surface area contributed by atoms with Gasteiger partial charge in [-0.1, -0.05) is 37.7 Å². The summed E-state index contributed by atoms with van der Waals surface area (Å²) in [5.41, 5.74) is 2.97. The third-order valence-corrected chi connectivity index (χ3v) is 5.91. The van der Waals surface area contributed by atoms with Gasteiger partial charge in [-0.25, -0.2) is 4.98 Å². The van der Waals surface area contributed by atoms with Crippen LogP contribution in [0.4, 0.5) is 5.69 Å². The van der Waals surface area contributed by atoms with Gasteiger partial charge in [-0.05, 0) is 42.7 Å². The Hall–Kier alpha value is -3.46. The molecule has 2 heterocycles. The van der Waals surface area contributed by atoms with Gasteiger partial charge in [0.15, 0.2) is 5.16 Å². The molecule has 0 spiro atoms. The van der Waals surface area contributed by atoms with Crippen LogP contribution in [0.1, 0.15) is 43.4 Å². The van der Waals surface area contributed by atoms with Gasteiger partial charge >= 0.3 is 0 Å². The predicted octanol–water partition coefficient (Wildman–Crippen LogP) is 5.81. The lowest BCUT2D eigenvalue weighted by molar-refractivity contribution is -0.384. The highest BCUT2D eigenvalue weighted by molar-refractivity contribution is 7.99. The van der Waals surface area contributed by atoms with Crippen molar-refractivity contribution in [3.05, 3.63) is 82.5 Å². The van der Waals surface area contributed by atoms with Gasteiger partial charge in [-0.15, -0.1) is 10.2 Å². The molecule has 8 nitrogen and oxygen atoms in total. The van der Waals surface area contributed by atoms with Gasteiger partial charge in [0, 0.05) is 35.8 Å². The number of nitro groups is 1. The van der Waals surface area contributed by atoms with E-state index in [0.29, 0.717) is 23.3 Å². The summed E-state index contributed by atoms with van der Waals surface area (Å²) in [5, 5.41) is 19.7. The van der Waals surface area contributed by atoms with E-state index in [4.69, 9.17) is 4.42 Å². The number of nitro benzene ring substituents is 1. The second kappa shape index (κ2) is 8.73. The van der Waals surface area contributed by atoms with E-state index in [2.05, 4.69) is 53.3 Å². The quantitative estimate of drug-likeness (QED) is 0.205. The first kappa shape index (κ1) is 20.8. The highest BCUT2D eigenvalue weighted by Crippen LogP contribution is 2.35. The number of non-ortho nitro benzene ring substituents is 1. The zero-order valence-corrected chi connectivity index (χ0v) is 18.1. The van der Waals surface area contributed by atoms with Crippen molar-refractivity contribution in [3.8, 4) is 17.1 Å². The lowest BCUT2D eigenvalue weighted by atomic mass is 10.0. The Bertz CT molecular complexity index is 1180. The van der Waals surface area contributed by atoms with Crippen LogP contribution < -0.4 is 0 Å². The summed E-state index contributed by atoms with van der Waals surface area (Å²) in [6.07, 6.45) is 3.69. The molecular weight excluding hydrogens is 414 g/mol. The smallest absolute Gasteiger partial charge is 0.269 e. The fraction of sp³-hybridized carbons (Fsp3) is 0.227. The Kier molecular flexibility index (Phi) is 5.85. The van der Waals surface area contributed by atoms with E-state index in [9.17, 15) is 10.1 Å². The number of hydrogen-bond acceptors (Lipinski definition) is 7. The van der Waals surface area contributed by atoms with E-state index in [1.54, 1.807) is 18.3 Å². The number of rotatable bonds is 7. The number of imidazole rings is 1. The van der Waals surface area contributed by atoms with Crippen LogP contribution in [0.15, 0.2) is 70.5 Å². The molecule has 0 bridgehead atoms. The van der Waals surface area contributed by atoms with Crippen LogP contribution >= 0.6 is 11.8 Å². The maximum absolute atomic E-state index is 10.8. The first-order valence-corrected chi connectivity index (χ1v) is 10.7. The average Bonchev–Trinajstić information content (AvgIpc) is 3.44. The van der Waals surface area contributed by atoms with Gasteiger partial charge < -0.3 is 4.42 Å². The van der Waals surface area contributed by atoms with Gasteiger partial charge in [0.25, 0.3) is 5.69 Å². The van der Waals surface area contributed by atoms with E-state index in [1.165, 1.54) is 29.5 Å². The maximum atomic E-state index is 10.8. The first-order valence-electron chi connectivity index (χ1n) is 9.81. The van der Waals surface area contributed by atoms with Crippen molar-refractivity contribution in [2.45, 2.75) is 37.1 Å². The number of hydrogen-bond donors (Lipinski definition) is 0. The van der Waals surface area contributed by atoms with Gasteiger partial charge in [0.1, 0.15) is 0 Å². The largest absolute Gasteiger partial charge is 0.419 e. The normalized spacial score (nSPS) is 12.3. The molecule has 0 radical (unpaired) electrons. The van der Waals surface area contributed by atoms with Crippen molar-refractivity contribution in [1.82, 2.24) is 19.7 Å². The molecule has 0 aliphatic heterocycles. The van der Waals surface area contributed by atoms with Crippen LogP contribution in [0.5, 0.6) is 0 Å². The Morgan fingerprint density at radius 1 is 1.03 bits per heavy atom. The van der Waals surface area contributed by atoms with Crippen molar-refractivity contribution in [2.24, 2.45) is 0 Å². The van der Waals surface area contributed by atoms with E-state index in [1.807, 2.05) is 17.7 Å². The molecule has 0 saturated heterocycles. The summed E-state index contributed by atoms with van der Waals surface area (Å²) in [7, 11) is 0. The number of benzene rings is 2. The SMILES string of the molecule is CC(C)c1ccc(-n2ccnc2SC(C)c2nnc(-c3ccc([N+](=O)[O-])cc3)o2)cc1. The van der Waals surface area contributed by atoms with E-state index < -0.39 is 4.92 Å². The molecule has 2 aromatic heterocycles. The molecule has 0 aliphatic carbocycles. The Labute approximate surface area is 183 Å². The van der Waals surface area contributed by atoms with E-state index in [-0.39, 0.29) is 10.9 Å². The molecule has 0 fully saturated rings. The minimum absolute atomic E-state index is 0.0145. The number of aromatic nitrogens is 4. The van der Waals surface area contributed by atoms with E-state index in [0.717, 1.165) is 10.8 Å². The third kappa shape index (κ3) is 4.51. The summed E-state index contributed by atoms with van der Waals surface area (Å²) >= 11 is 1.52. The summed E-state index contributed by atoms with van der Waals surface area (Å²) in [6, 6.07) is 14.5. The summed E-state index contributed by atoms with van der Waals surface area (Å²) in [4.78, 5) is 14.8. The van der Waals surface area contributed by atoms with Crippen molar-refractivity contribution in [3.63, 3.8) is 0 Å². The molecule has 4 aromatic rings. The standard InChI is InChI=1S/C22H21N5O3S/c1-14(2)16-4-8-18(9-5-16)26-13-12-23-22(26)31-15(3)20-24-25-21(30-20)17-6-10-19(11-7-17)27(28)29/h4-15H,1-3H3. The molecule has 1 unspecified atom stereocenters. The molecule has 0 saturated carbocycles. The Morgan fingerprint density at radius 3 is 2.39 bits per heavy atom. The fourth-order valence-electron chi connectivity index (χ4n) is 3.04. The molecule has 0 N–H and O–H groups in total. The molecule has 0 aliphatic rings. The summed E-state index contributed by atoms with van der Waals surface area (Å²) in [6.45, 7) is 6.31. The molecule has 0 amide bonds. The molecule has 1 atom stereocenters. The average molecular weight is 436 g/mol. The highest BCUT2D eigenvalue weighted by atomic mass is 32.2. The molecule has 4 rings (SSSR count). The minimum atomic E-state index is -0.444. The topological polar surface area (TPSA) is 99.9 Å². The minimum Gasteiger partial charge on any atom is -0.419 e. The predicted molar refractivity (Wildman–Crippen MR) is 118 cm³/mol.